The van der Waals surface area contributed by atoms with Crippen LogP contribution in [0.4, 0.5) is 0 Å². The van der Waals surface area contributed by atoms with Crippen LogP contribution in [0.1, 0.15) is 29.8 Å². The van der Waals surface area contributed by atoms with Gasteiger partial charge >= 0.3 is 0 Å². The van der Waals surface area contributed by atoms with Crippen molar-refractivity contribution in [2.75, 3.05) is 0 Å². The van der Waals surface area contributed by atoms with Crippen LogP contribution in [0.15, 0.2) is 28.7 Å². The summed E-state index contributed by atoms with van der Waals surface area (Å²) in [5, 5.41) is 0. The zero-order valence-corrected chi connectivity index (χ0v) is 9.76. The Hall–Kier alpha value is -0.890. The number of fused-ring (bicyclic) bond motifs is 1. The highest BCUT2D eigenvalue weighted by atomic mass is 79.9. The van der Waals surface area contributed by atoms with E-state index >= 15 is 0 Å². The Morgan fingerprint density at radius 2 is 2.00 bits per heavy atom. The number of rotatable bonds is 0. The summed E-state index contributed by atoms with van der Waals surface area (Å²) in [5.41, 5.74) is 1.46. The fraction of sp³-hybridized carbons (Fsp3) is 0.250. The predicted molar refractivity (Wildman–Crippen MR) is 61.3 cm³/mol. The summed E-state index contributed by atoms with van der Waals surface area (Å²) < 4.78 is 0.954. The number of ketones is 1. The van der Waals surface area contributed by atoms with Crippen molar-refractivity contribution >= 4 is 27.8 Å². The van der Waals surface area contributed by atoms with Crippen molar-refractivity contribution in [3.63, 3.8) is 0 Å². The van der Waals surface area contributed by atoms with Gasteiger partial charge in [-0.3, -0.25) is 4.79 Å². The molecule has 0 fully saturated rings. The van der Waals surface area contributed by atoms with Crippen molar-refractivity contribution in [1.82, 2.24) is 0 Å². The lowest BCUT2D eigenvalue weighted by atomic mass is 9.78. The van der Waals surface area contributed by atoms with Gasteiger partial charge in [0.05, 0.1) is 0 Å². The number of carbonyl (C=O) groups excluding carboxylic acids is 1. The largest absolute Gasteiger partial charge is 0.293 e. The van der Waals surface area contributed by atoms with E-state index in [1.54, 1.807) is 0 Å². The molecule has 0 aliphatic heterocycles. The molecule has 0 spiro atoms. The molecule has 0 amide bonds. The minimum atomic E-state index is -0.367. The van der Waals surface area contributed by atoms with E-state index in [1.165, 1.54) is 0 Å². The smallest absolute Gasteiger partial charge is 0.172 e. The molecule has 0 saturated carbocycles. The number of halogens is 1. The van der Waals surface area contributed by atoms with Crippen LogP contribution >= 0.6 is 15.9 Å². The summed E-state index contributed by atoms with van der Waals surface area (Å²) in [5.74, 6) is 0.191. The van der Waals surface area contributed by atoms with Gasteiger partial charge in [-0.1, -0.05) is 34.1 Å². The summed E-state index contributed by atoms with van der Waals surface area (Å²) in [6, 6.07) is 5.81. The van der Waals surface area contributed by atoms with E-state index in [-0.39, 0.29) is 11.2 Å². The number of hydrogen-bond acceptors (Lipinski definition) is 1. The molecule has 1 aliphatic carbocycles. The lowest BCUT2D eigenvalue weighted by Gasteiger charge is -2.24. The van der Waals surface area contributed by atoms with Crippen LogP contribution in [-0.4, -0.2) is 5.78 Å². The van der Waals surface area contributed by atoms with E-state index in [2.05, 4.69) is 15.9 Å². The Kier molecular flexibility index (Phi) is 2.11. The summed E-state index contributed by atoms with van der Waals surface area (Å²) >= 11 is 3.38. The van der Waals surface area contributed by atoms with Crippen LogP contribution in [-0.2, 0) is 0 Å². The van der Waals surface area contributed by atoms with Crippen LogP contribution in [0.2, 0.25) is 0 Å². The number of benzene rings is 1. The molecule has 0 aromatic heterocycles. The summed E-state index contributed by atoms with van der Waals surface area (Å²) in [4.78, 5) is 12.0. The van der Waals surface area contributed by atoms with Gasteiger partial charge in [-0.15, -0.1) is 0 Å². The van der Waals surface area contributed by atoms with E-state index in [0.717, 1.165) is 15.6 Å². The maximum absolute atomic E-state index is 12.0. The second kappa shape index (κ2) is 3.06. The maximum Gasteiger partial charge on any atom is 0.172 e. The van der Waals surface area contributed by atoms with Gasteiger partial charge in [-0.25, -0.2) is 0 Å². The first-order chi connectivity index (χ1) is 6.50. The molecule has 0 atom stereocenters. The van der Waals surface area contributed by atoms with E-state index in [1.807, 2.05) is 44.2 Å². The van der Waals surface area contributed by atoms with Gasteiger partial charge in [0.15, 0.2) is 5.78 Å². The second-order valence-electron chi connectivity index (χ2n) is 4.12. The third-order valence-electron chi connectivity index (χ3n) is 2.52. The van der Waals surface area contributed by atoms with E-state index in [9.17, 15) is 4.79 Å². The van der Waals surface area contributed by atoms with Crippen LogP contribution < -0.4 is 0 Å². The molecule has 1 aliphatic rings. The Morgan fingerprint density at radius 3 is 2.71 bits per heavy atom. The monoisotopic (exact) mass is 250 g/mol. The molecule has 1 aromatic carbocycles. The topological polar surface area (TPSA) is 17.1 Å². The molecule has 0 heterocycles. The molecule has 0 saturated heterocycles. The van der Waals surface area contributed by atoms with Gasteiger partial charge in [-0.2, -0.15) is 0 Å². The zero-order valence-electron chi connectivity index (χ0n) is 8.17. The highest BCUT2D eigenvalue weighted by Crippen LogP contribution is 2.32. The van der Waals surface area contributed by atoms with Crippen molar-refractivity contribution in [3.05, 3.63) is 39.9 Å². The Balaban J connectivity index is 2.63. The fourth-order valence-electron chi connectivity index (χ4n) is 1.59. The molecular formula is C12H11BrO. The standard InChI is InChI=1S/C12H11BrO/c1-12(2)6-5-8-3-4-9(13)7-10(8)11(12)14/h3-7H,1-2H3. The quantitative estimate of drug-likeness (QED) is 0.687. The molecule has 2 rings (SSSR count). The van der Waals surface area contributed by atoms with Crippen molar-refractivity contribution in [2.24, 2.45) is 5.41 Å². The molecule has 0 N–H and O–H groups in total. The van der Waals surface area contributed by atoms with Gasteiger partial charge in [0, 0.05) is 15.5 Å². The van der Waals surface area contributed by atoms with Crippen LogP contribution in [0.25, 0.3) is 6.08 Å². The zero-order chi connectivity index (χ0) is 10.3. The molecule has 2 heteroatoms. The van der Waals surface area contributed by atoms with Crippen LogP contribution in [0.5, 0.6) is 0 Å². The van der Waals surface area contributed by atoms with E-state index in [0.29, 0.717) is 0 Å². The molecule has 0 bridgehead atoms. The minimum Gasteiger partial charge on any atom is -0.293 e. The highest BCUT2D eigenvalue weighted by molar-refractivity contribution is 9.10. The summed E-state index contributed by atoms with van der Waals surface area (Å²) in [6.45, 7) is 3.88. The fourth-order valence-corrected chi connectivity index (χ4v) is 1.95. The molecule has 72 valence electrons. The third-order valence-corrected chi connectivity index (χ3v) is 3.02. The highest BCUT2D eigenvalue weighted by Gasteiger charge is 2.30. The lowest BCUT2D eigenvalue weighted by Crippen LogP contribution is -2.25. The van der Waals surface area contributed by atoms with Crippen LogP contribution in [0.3, 0.4) is 0 Å². The first kappa shape index (κ1) is 9.66. The minimum absolute atomic E-state index is 0.191. The molecule has 0 radical (unpaired) electrons. The Bertz CT molecular complexity index is 430. The predicted octanol–water partition coefficient (Wildman–Crippen LogP) is 3.68. The number of allylic oxidation sites excluding steroid dienone is 1. The van der Waals surface area contributed by atoms with Crippen molar-refractivity contribution < 1.29 is 4.79 Å². The summed E-state index contributed by atoms with van der Waals surface area (Å²) in [6.07, 6.45) is 3.98. The van der Waals surface area contributed by atoms with Gasteiger partial charge in [0.1, 0.15) is 0 Å². The third kappa shape index (κ3) is 1.44. The maximum atomic E-state index is 12.0. The molecular weight excluding hydrogens is 240 g/mol. The SMILES string of the molecule is CC1(C)C=Cc2ccc(Br)cc2C1=O. The normalized spacial score (nSPS) is 18.1. The van der Waals surface area contributed by atoms with Gasteiger partial charge in [0.25, 0.3) is 0 Å². The Labute approximate surface area is 92.0 Å². The van der Waals surface area contributed by atoms with Gasteiger partial charge in [-0.05, 0) is 31.5 Å². The Morgan fingerprint density at radius 1 is 1.29 bits per heavy atom. The molecule has 1 nitrogen and oxygen atoms in total. The molecule has 0 unspecified atom stereocenters. The van der Waals surface area contributed by atoms with Crippen LogP contribution in [0, 0.1) is 5.41 Å². The summed E-state index contributed by atoms with van der Waals surface area (Å²) in [7, 11) is 0. The molecule has 14 heavy (non-hydrogen) atoms. The van der Waals surface area contributed by atoms with Gasteiger partial charge < -0.3 is 0 Å². The molecule has 1 aromatic rings. The number of hydrogen-bond donors (Lipinski definition) is 0. The lowest BCUT2D eigenvalue weighted by molar-refractivity contribution is 0.0883. The first-order valence-corrected chi connectivity index (χ1v) is 5.33. The first-order valence-electron chi connectivity index (χ1n) is 4.54. The average molecular weight is 251 g/mol. The number of Topliss-reactive ketones (excluding diaryl/α,β-unsaturated/α-hetero) is 1. The van der Waals surface area contributed by atoms with Crippen molar-refractivity contribution in [3.8, 4) is 0 Å². The van der Waals surface area contributed by atoms with Crippen molar-refractivity contribution in [2.45, 2.75) is 13.8 Å². The van der Waals surface area contributed by atoms with E-state index < -0.39 is 0 Å². The van der Waals surface area contributed by atoms with Crippen molar-refractivity contribution in [1.29, 1.82) is 0 Å². The van der Waals surface area contributed by atoms with Gasteiger partial charge in [0.2, 0.25) is 0 Å². The second-order valence-corrected chi connectivity index (χ2v) is 5.03. The van der Waals surface area contributed by atoms with E-state index in [4.69, 9.17) is 0 Å². The average Bonchev–Trinajstić information content (AvgIpc) is 2.13. The number of carbonyl (C=O) groups is 1.